The number of nitrogens with zero attached hydrogens (tertiary/aromatic N) is 1. The zero-order chi connectivity index (χ0) is 15.9. The van der Waals surface area contributed by atoms with Crippen molar-refractivity contribution < 1.29 is 24.2 Å². The molecule has 1 aromatic carbocycles. The first-order valence-corrected chi connectivity index (χ1v) is 6.67. The summed E-state index contributed by atoms with van der Waals surface area (Å²) in [5.74, 6) is -1.14. The second-order valence-corrected chi connectivity index (χ2v) is 4.82. The lowest BCUT2D eigenvalue weighted by Gasteiger charge is -2.33. The first-order valence-electron chi connectivity index (χ1n) is 6.67. The number of rotatable bonds is 7. The molecule has 1 amide bonds. The Balaban J connectivity index is 2.68. The second kappa shape index (κ2) is 7.64. The van der Waals surface area contributed by atoms with Crippen molar-refractivity contribution in [3.63, 3.8) is 0 Å². The van der Waals surface area contributed by atoms with Crippen LogP contribution < -0.4 is 0 Å². The summed E-state index contributed by atoms with van der Waals surface area (Å²) in [7, 11) is 1.39. The van der Waals surface area contributed by atoms with Crippen LogP contribution in [0.1, 0.15) is 19.4 Å². The van der Waals surface area contributed by atoms with E-state index in [4.69, 9.17) is 9.47 Å². The van der Waals surface area contributed by atoms with E-state index in [9.17, 15) is 14.7 Å². The van der Waals surface area contributed by atoms with Crippen molar-refractivity contribution in [1.82, 2.24) is 4.90 Å². The minimum atomic E-state index is -1.47. The SMILES string of the molecule is CCOCC(C)(C(=O)O)N(C)C(=O)OCc1ccccc1. The van der Waals surface area contributed by atoms with Crippen LogP contribution in [-0.2, 0) is 20.9 Å². The van der Waals surface area contributed by atoms with Crippen molar-refractivity contribution in [3.05, 3.63) is 35.9 Å². The molecule has 1 rings (SSSR count). The molecule has 21 heavy (non-hydrogen) atoms. The first-order chi connectivity index (χ1) is 9.91. The van der Waals surface area contributed by atoms with Gasteiger partial charge in [-0.05, 0) is 19.4 Å². The molecular formula is C15H21NO5. The molecule has 1 aromatic rings. The molecule has 0 saturated carbocycles. The van der Waals surface area contributed by atoms with Gasteiger partial charge in [-0.15, -0.1) is 0 Å². The topological polar surface area (TPSA) is 76.1 Å². The Hall–Kier alpha value is -2.08. The zero-order valence-corrected chi connectivity index (χ0v) is 12.5. The molecule has 6 nitrogen and oxygen atoms in total. The van der Waals surface area contributed by atoms with Crippen LogP contribution in [0, 0.1) is 0 Å². The summed E-state index contributed by atoms with van der Waals surface area (Å²) in [5.41, 5.74) is -0.634. The van der Waals surface area contributed by atoms with Crippen LogP contribution in [0.2, 0.25) is 0 Å². The molecule has 6 heteroatoms. The van der Waals surface area contributed by atoms with E-state index in [1.165, 1.54) is 14.0 Å². The number of likely N-dealkylation sites (N-methyl/N-ethyl adjacent to an activating group) is 1. The van der Waals surface area contributed by atoms with Gasteiger partial charge in [0.2, 0.25) is 0 Å². The lowest BCUT2D eigenvalue weighted by atomic mass is 10.0. The molecule has 0 spiro atoms. The van der Waals surface area contributed by atoms with Crippen molar-refractivity contribution >= 4 is 12.1 Å². The van der Waals surface area contributed by atoms with Crippen LogP contribution in [0.15, 0.2) is 30.3 Å². The largest absolute Gasteiger partial charge is 0.479 e. The molecule has 116 valence electrons. The number of carboxylic acids is 1. The van der Waals surface area contributed by atoms with Crippen LogP contribution in [0.3, 0.4) is 0 Å². The van der Waals surface area contributed by atoms with Gasteiger partial charge in [0.25, 0.3) is 0 Å². The normalized spacial score (nSPS) is 13.3. The van der Waals surface area contributed by atoms with Gasteiger partial charge in [0.1, 0.15) is 6.61 Å². The number of hydrogen-bond donors (Lipinski definition) is 1. The van der Waals surface area contributed by atoms with Gasteiger partial charge >= 0.3 is 12.1 Å². The zero-order valence-electron chi connectivity index (χ0n) is 12.5. The number of benzene rings is 1. The molecule has 0 fully saturated rings. The molecule has 0 aliphatic carbocycles. The van der Waals surface area contributed by atoms with Crippen molar-refractivity contribution in [1.29, 1.82) is 0 Å². The van der Waals surface area contributed by atoms with E-state index < -0.39 is 17.6 Å². The number of hydrogen-bond acceptors (Lipinski definition) is 4. The summed E-state index contributed by atoms with van der Waals surface area (Å²) in [5, 5.41) is 9.33. The molecule has 1 N–H and O–H groups in total. The Labute approximate surface area is 124 Å². The number of aliphatic carboxylic acids is 1. The summed E-state index contributed by atoms with van der Waals surface area (Å²) < 4.78 is 10.3. The molecule has 0 bridgehead atoms. The Bertz CT molecular complexity index is 476. The van der Waals surface area contributed by atoms with Crippen molar-refractivity contribution in [2.75, 3.05) is 20.3 Å². The maximum atomic E-state index is 12.0. The van der Waals surface area contributed by atoms with E-state index >= 15 is 0 Å². The van der Waals surface area contributed by atoms with Gasteiger partial charge in [0.05, 0.1) is 6.61 Å². The Morgan fingerprint density at radius 1 is 1.29 bits per heavy atom. The highest BCUT2D eigenvalue weighted by Gasteiger charge is 2.41. The molecule has 1 unspecified atom stereocenters. The third-order valence-electron chi connectivity index (χ3n) is 3.27. The van der Waals surface area contributed by atoms with Gasteiger partial charge in [-0.3, -0.25) is 4.90 Å². The number of carbonyl (C=O) groups excluding carboxylic acids is 1. The van der Waals surface area contributed by atoms with E-state index in [2.05, 4.69) is 0 Å². The van der Waals surface area contributed by atoms with Crippen molar-refractivity contribution in [2.24, 2.45) is 0 Å². The smallest absolute Gasteiger partial charge is 0.410 e. The molecule has 0 saturated heterocycles. The molecule has 0 aliphatic rings. The lowest BCUT2D eigenvalue weighted by molar-refractivity contribution is -0.152. The minimum Gasteiger partial charge on any atom is -0.479 e. The maximum absolute atomic E-state index is 12.0. The average Bonchev–Trinajstić information content (AvgIpc) is 2.50. The van der Waals surface area contributed by atoms with E-state index in [0.29, 0.717) is 6.61 Å². The quantitative estimate of drug-likeness (QED) is 0.834. The third kappa shape index (κ3) is 4.46. The van der Waals surface area contributed by atoms with Crippen LogP contribution in [-0.4, -0.2) is 47.9 Å². The molecule has 0 aromatic heterocycles. The van der Waals surface area contributed by atoms with Crippen LogP contribution in [0.4, 0.5) is 4.79 Å². The summed E-state index contributed by atoms with van der Waals surface area (Å²) in [6.45, 7) is 3.55. The minimum absolute atomic E-state index is 0.0916. The Morgan fingerprint density at radius 2 is 1.90 bits per heavy atom. The van der Waals surface area contributed by atoms with E-state index in [-0.39, 0.29) is 13.2 Å². The predicted octanol–water partition coefficient (Wildman–Crippen LogP) is 2.13. The standard InChI is InChI=1S/C15H21NO5/c1-4-20-11-15(2,13(17)18)16(3)14(19)21-10-12-8-6-5-7-9-12/h5-9H,4,10-11H2,1-3H3,(H,17,18). The average molecular weight is 295 g/mol. The highest BCUT2D eigenvalue weighted by Crippen LogP contribution is 2.16. The van der Waals surface area contributed by atoms with Gasteiger partial charge < -0.3 is 14.6 Å². The van der Waals surface area contributed by atoms with Gasteiger partial charge in [-0.2, -0.15) is 0 Å². The van der Waals surface area contributed by atoms with Gasteiger partial charge in [-0.1, -0.05) is 30.3 Å². The summed E-state index contributed by atoms with van der Waals surface area (Å²) in [4.78, 5) is 24.5. The van der Waals surface area contributed by atoms with Crippen molar-refractivity contribution in [2.45, 2.75) is 26.0 Å². The third-order valence-corrected chi connectivity index (χ3v) is 3.27. The second-order valence-electron chi connectivity index (χ2n) is 4.82. The summed E-state index contributed by atoms with van der Waals surface area (Å²) in [6.07, 6.45) is -0.705. The fourth-order valence-corrected chi connectivity index (χ4v) is 1.62. The highest BCUT2D eigenvalue weighted by molar-refractivity contribution is 5.84. The fraction of sp³-hybridized carbons (Fsp3) is 0.467. The number of carbonyl (C=O) groups is 2. The lowest BCUT2D eigenvalue weighted by Crippen LogP contribution is -2.56. The van der Waals surface area contributed by atoms with Crippen molar-refractivity contribution in [3.8, 4) is 0 Å². The molecular weight excluding hydrogens is 274 g/mol. The highest BCUT2D eigenvalue weighted by atomic mass is 16.6. The molecule has 1 atom stereocenters. The van der Waals surface area contributed by atoms with Crippen LogP contribution in [0.5, 0.6) is 0 Å². The number of carboxylic acid groups (broad SMARTS) is 1. The summed E-state index contributed by atoms with van der Waals surface area (Å²) >= 11 is 0. The molecule has 0 aliphatic heterocycles. The molecule has 0 radical (unpaired) electrons. The monoisotopic (exact) mass is 295 g/mol. The number of amides is 1. The predicted molar refractivity (Wildman–Crippen MR) is 76.9 cm³/mol. The van der Waals surface area contributed by atoms with Gasteiger partial charge in [-0.25, -0.2) is 9.59 Å². The van der Waals surface area contributed by atoms with Gasteiger partial charge in [0, 0.05) is 13.7 Å². The fourth-order valence-electron chi connectivity index (χ4n) is 1.62. The van der Waals surface area contributed by atoms with E-state index in [1.807, 2.05) is 30.3 Å². The molecule has 0 heterocycles. The van der Waals surface area contributed by atoms with E-state index in [0.717, 1.165) is 10.5 Å². The summed E-state index contributed by atoms with van der Waals surface area (Å²) in [6, 6.07) is 9.18. The van der Waals surface area contributed by atoms with E-state index in [1.54, 1.807) is 6.92 Å². The van der Waals surface area contributed by atoms with Crippen LogP contribution >= 0.6 is 0 Å². The van der Waals surface area contributed by atoms with Gasteiger partial charge in [0.15, 0.2) is 5.54 Å². The Kier molecular flexibility index (Phi) is 6.17. The first kappa shape index (κ1) is 17.0. The maximum Gasteiger partial charge on any atom is 0.410 e. The van der Waals surface area contributed by atoms with Crippen LogP contribution in [0.25, 0.3) is 0 Å². The number of ether oxygens (including phenoxy) is 2. The Morgan fingerprint density at radius 3 is 2.43 bits per heavy atom.